The van der Waals surface area contributed by atoms with Gasteiger partial charge < -0.3 is 9.64 Å². The molecule has 6 nitrogen and oxygen atoms in total. The maximum Gasteiger partial charge on any atom is 0.153 e. The molecule has 1 aliphatic heterocycles. The lowest BCUT2D eigenvalue weighted by Crippen LogP contribution is -2.41. The molecule has 0 amide bonds. The molecule has 4 heterocycles. The Morgan fingerprint density at radius 3 is 3.09 bits per heavy atom. The second-order valence-electron chi connectivity index (χ2n) is 5.44. The van der Waals surface area contributed by atoms with Gasteiger partial charge in [-0.2, -0.15) is 0 Å². The summed E-state index contributed by atoms with van der Waals surface area (Å²) >= 11 is 0. The van der Waals surface area contributed by atoms with Gasteiger partial charge in [0, 0.05) is 25.1 Å². The van der Waals surface area contributed by atoms with E-state index in [-0.39, 0.29) is 6.10 Å². The van der Waals surface area contributed by atoms with Crippen LogP contribution >= 0.6 is 0 Å². The van der Waals surface area contributed by atoms with E-state index in [0.29, 0.717) is 0 Å². The summed E-state index contributed by atoms with van der Waals surface area (Å²) in [5, 5.41) is 4.61. The molecule has 6 heteroatoms. The van der Waals surface area contributed by atoms with Crippen molar-refractivity contribution in [1.82, 2.24) is 19.6 Å². The lowest BCUT2D eigenvalue weighted by Gasteiger charge is -2.33. The smallest absolute Gasteiger partial charge is 0.153 e. The summed E-state index contributed by atoms with van der Waals surface area (Å²) in [7, 11) is 0. The molecule has 0 N–H and O–H groups in total. The second-order valence-corrected chi connectivity index (χ2v) is 5.44. The SMILES string of the molecule is c1cncc(OC2CCCN(c3ccc4nccn4n3)C2)c1. The highest BCUT2D eigenvalue weighted by atomic mass is 16.5. The van der Waals surface area contributed by atoms with E-state index in [2.05, 4.69) is 20.0 Å². The average Bonchev–Trinajstić information content (AvgIpc) is 3.04. The first-order valence-corrected chi connectivity index (χ1v) is 7.50. The summed E-state index contributed by atoms with van der Waals surface area (Å²) < 4.78 is 7.83. The van der Waals surface area contributed by atoms with E-state index in [1.165, 1.54) is 0 Å². The number of imidazole rings is 1. The number of hydrogen-bond donors (Lipinski definition) is 0. The minimum Gasteiger partial charge on any atom is -0.487 e. The van der Waals surface area contributed by atoms with Gasteiger partial charge in [0.05, 0.1) is 12.7 Å². The van der Waals surface area contributed by atoms with Gasteiger partial charge in [-0.25, -0.2) is 9.50 Å². The van der Waals surface area contributed by atoms with Crippen LogP contribution in [0.4, 0.5) is 5.82 Å². The van der Waals surface area contributed by atoms with Crippen molar-refractivity contribution < 1.29 is 4.74 Å². The molecule has 1 unspecified atom stereocenters. The molecule has 0 bridgehead atoms. The Bertz CT molecular complexity index is 757. The highest BCUT2D eigenvalue weighted by molar-refractivity contribution is 5.46. The number of anilines is 1. The van der Waals surface area contributed by atoms with Gasteiger partial charge in [-0.3, -0.25) is 4.98 Å². The van der Waals surface area contributed by atoms with Crippen LogP contribution in [0.15, 0.2) is 49.1 Å². The molecule has 0 spiro atoms. The molecule has 0 aromatic carbocycles. The Labute approximate surface area is 128 Å². The van der Waals surface area contributed by atoms with E-state index in [4.69, 9.17) is 4.74 Å². The van der Waals surface area contributed by atoms with Crippen LogP contribution in [0.25, 0.3) is 5.65 Å². The molecule has 1 aliphatic rings. The van der Waals surface area contributed by atoms with Crippen LogP contribution in [0, 0.1) is 0 Å². The van der Waals surface area contributed by atoms with Crippen molar-refractivity contribution in [2.24, 2.45) is 0 Å². The number of nitrogens with zero attached hydrogens (tertiary/aromatic N) is 5. The molecule has 1 fully saturated rings. The van der Waals surface area contributed by atoms with Gasteiger partial charge in [0.1, 0.15) is 17.7 Å². The number of aromatic nitrogens is 4. The quantitative estimate of drug-likeness (QED) is 0.741. The lowest BCUT2D eigenvalue weighted by molar-refractivity contribution is 0.178. The number of fused-ring (bicyclic) bond motifs is 1. The Hall–Kier alpha value is -2.63. The van der Waals surface area contributed by atoms with Crippen molar-refractivity contribution in [1.29, 1.82) is 0 Å². The van der Waals surface area contributed by atoms with Crippen LogP contribution < -0.4 is 9.64 Å². The minimum absolute atomic E-state index is 0.165. The average molecular weight is 295 g/mol. The summed E-state index contributed by atoms with van der Waals surface area (Å²) in [5.74, 6) is 1.79. The van der Waals surface area contributed by atoms with Gasteiger partial charge in [0.15, 0.2) is 5.65 Å². The molecule has 3 aromatic rings. The molecule has 112 valence electrons. The molecule has 3 aromatic heterocycles. The van der Waals surface area contributed by atoms with E-state index in [9.17, 15) is 0 Å². The predicted octanol–water partition coefficient (Wildman–Crippen LogP) is 2.17. The second kappa shape index (κ2) is 5.63. The Balaban J connectivity index is 1.50. The maximum absolute atomic E-state index is 6.03. The monoisotopic (exact) mass is 295 g/mol. The molecular weight excluding hydrogens is 278 g/mol. The summed E-state index contributed by atoms with van der Waals surface area (Å²) in [5.41, 5.74) is 0.865. The third-order valence-electron chi connectivity index (χ3n) is 3.88. The van der Waals surface area contributed by atoms with Gasteiger partial charge in [0.2, 0.25) is 0 Å². The molecule has 22 heavy (non-hydrogen) atoms. The fraction of sp³-hybridized carbons (Fsp3) is 0.312. The van der Waals surface area contributed by atoms with Crippen LogP contribution in [0.5, 0.6) is 5.75 Å². The van der Waals surface area contributed by atoms with E-state index in [1.54, 1.807) is 23.1 Å². The van der Waals surface area contributed by atoms with Crippen molar-refractivity contribution in [2.75, 3.05) is 18.0 Å². The molecule has 4 rings (SSSR count). The van der Waals surface area contributed by atoms with Gasteiger partial charge in [-0.1, -0.05) is 0 Å². The summed E-state index contributed by atoms with van der Waals surface area (Å²) in [4.78, 5) is 10.6. The van der Waals surface area contributed by atoms with Crippen LogP contribution in [0.3, 0.4) is 0 Å². The Morgan fingerprint density at radius 1 is 1.18 bits per heavy atom. The highest BCUT2D eigenvalue weighted by Gasteiger charge is 2.22. The third kappa shape index (κ3) is 2.59. The zero-order chi connectivity index (χ0) is 14.8. The molecule has 0 aliphatic carbocycles. The van der Waals surface area contributed by atoms with E-state index < -0.39 is 0 Å². The van der Waals surface area contributed by atoms with Crippen molar-refractivity contribution in [3.63, 3.8) is 0 Å². The zero-order valence-electron chi connectivity index (χ0n) is 12.2. The predicted molar refractivity (Wildman–Crippen MR) is 83.1 cm³/mol. The fourth-order valence-corrected chi connectivity index (χ4v) is 2.83. The first-order valence-electron chi connectivity index (χ1n) is 7.50. The van der Waals surface area contributed by atoms with Crippen molar-refractivity contribution >= 4 is 11.5 Å². The Morgan fingerprint density at radius 2 is 2.18 bits per heavy atom. The summed E-state index contributed by atoms with van der Waals surface area (Å²) in [6, 6.07) is 7.86. The largest absolute Gasteiger partial charge is 0.487 e. The van der Waals surface area contributed by atoms with Gasteiger partial charge in [-0.15, -0.1) is 5.10 Å². The normalized spacial score (nSPS) is 18.5. The number of pyridine rings is 1. The number of piperidine rings is 1. The minimum atomic E-state index is 0.165. The molecule has 1 atom stereocenters. The highest BCUT2D eigenvalue weighted by Crippen LogP contribution is 2.21. The van der Waals surface area contributed by atoms with Gasteiger partial charge in [-0.05, 0) is 37.1 Å². The lowest BCUT2D eigenvalue weighted by atomic mass is 10.1. The van der Waals surface area contributed by atoms with E-state index in [1.807, 2.05) is 30.5 Å². The van der Waals surface area contributed by atoms with Crippen LogP contribution in [-0.4, -0.2) is 38.8 Å². The molecule has 0 radical (unpaired) electrons. The van der Waals surface area contributed by atoms with Crippen molar-refractivity contribution in [3.05, 3.63) is 49.1 Å². The van der Waals surface area contributed by atoms with Crippen LogP contribution in [0.2, 0.25) is 0 Å². The number of rotatable bonds is 3. The van der Waals surface area contributed by atoms with E-state index in [0.717, 1.165) is 43.1 Å². The molecule has 0 saturated carbocycles. The summed E-state index contributed by atoms with van der Waals surface area (Å²) in [6.45, 7) is 1.84. The van der Waals surface area contributed by atoms with Crippen molar-refractivity contribution in [2.45, 2.75) is 18.9 Å². The Kier molecular flexibility index (Phi) is 3.34. The van der Waals surface area contributed by atoms with Crippen LogP contribution in [0.1, 0.15) is 12.8 Å². The maximum atomic E-state index is 6.03. The summed E-state index contributed by atoms with van der Waals surface area (Å²) in [6.07, 6.45) is 9.45. The standard InChI is InChI=1S/C16H17N5O/c1-3-13(11-17-7-1)22-14-4-2-9-20(12-14)16-6-5-15-18-8-10-21(15)19-16/h1,3,5-8,10-11,14H,2,4,9,12H2. The first-order chi connectivity index (χ1) is 10.9. The van der Waals surface area contributed by atoms with Gasteiger partial charge >= 0.3 is 0 Å². The third-order valence-corrected chi connectivity index (χ3v) is 3.88. The number of ether oxygens (including phenoxy) is 1. The molecular formula is C16H17N5O. The number of hydrogen-bond acceptors (Lipinski definition) is 5. The topological polar surface area (TPSA) is 55.5 Å². The van der Waals surface area contributed by atoms with E-state index >= 15 is 0 Å². The van der Waals surface area contributed by atoms with Crippen molar-refractivity contribution in [3.8, 4) is 5.75 Å². The first kappa shape index (κ1) is 13.1. The fourth-order valence-electron chi connectivity index (χ4n) is 2.83. The molecule has 1 saturated heterocycles. The van der Waals surface area contributed by atoms with Gasteiger partial charge in [0.25, 0.3) is 0 Å². The van der Waals surface area contributed by atoms with Crippen LogP contribution in [-0.2, 0) is 0 Å². The zero-order valence-corrected chi connectivity index (χ0v) is 12.2.